The number of carboxylic acid groups (broad SMARTS) is 2. The second kappa shape index (κ2) is 9.73. The van der Waals surface area contributed by atoms with Gasteiger partial charge in [0.15, 0.2) is 0 Å². The van der Waals surface area contributed by atoms with E-state index in [2.05, 4.69) is 23.9 Å². The third-order valence-electron chi connectivity index (χ3n) is 3.91. The number of hydrogen-bond acceptors (Lipinski definition) is 6. The summed E-state index contributed by atoms with van der Waals surface area (Å²) in [6.07, 6.45) is 0. The monoisotopic (exact) mass is 316 g/mol. The van der Waals surface area contributed by atoms with Crippen LogP contribution in [0.15, 0.2) is 0 Å². The fraction of sp³-hybridized carbons (Fsp3) is 0.857. The van der Waals surface area contributed by atoms with E-state index in [4.69, 9.17) is 10.2 Å². The summed E-state index contributed by atoms with van der Waals surface area (Å²) in [5.41, 5.74) is 0. The van der Waals surface area contributed by atoms with Gasteiger partial charge >= 0.3 is 11.9 Å². The number of nitrogens with zero attached hydrogens (tertiary/aromatic N) is 4. The topological polar surface area (TPSA) is 87.6 Å². The van der Waals surface area contributed by atoms with Crippen molar-refractivity contribution in [2.24, 2.45) is 0 Å². The van der Waals surface area contributed by atoms with Crippen molar-refractivity contribution in [1.82, 2.24) is 19.6 Å². The Balaban J connectivity index is 0.000000220. The lowest BCUT2D eigenvalue weighted by atomic mass is 10.3. The number of likely N-dealkylation sites (N-methyl/N-ethyl adjacent to an activating group) is 2. The Bertz CT molecular complexity index is 317. The molecule has 2 fully saturated rings. The van der Waals surface area contributed by atoms with Crippen molar-refractivity contribution in [3.05, 3.63) is 0 Å². The van der Waals surface area contributed by atoms with Crippen LogP contribution in [-0.4, -0.2) is 121 Å². The molecule has 0 atom stereocenters. The molecule has 0 aromatic heterocycles. The van der Waals surface area contributed by atoms with E-state index in [-0.39, 0.29) is 13.1 Å². The van der Waals surface area contributed by atoms with E-state index in [0.29, 0.717) is 0 Å². The van der Waals surface area contributed by atoms with Gasteiger partial charge in [0.25, 0.3) is 0 Å². The number of piperazine rings is 2. The van der Waals surface area contributed by atoms with Crippen LogP contribution in [0.3, 0.4) is 0 Å². The molecule has 2 N–H and O–H groups in total. The number of carbonyl (C=O) groups is 2. The molecule has 2 rings (SSSR count). The van der Waals surface area contributed by atoms with Gasteiger partial charge in [-0.25, -0.2) is 0 Å². The smallest absolute Gasteiger partial charge is 0.317 e. The number of rotatable bonds is 4. The molecule has 2 heterocycles. The van der Waals surface area contributed by atoms with Crippen LogP contribution in [0.5, 0.6) is 0 Å². The molecule has 8 nitrogen and oxygen atoms in total. The Labute approximate surface area is 131 Å². The van der Waals surface area contributed by atoms with E-state index in [1.54, 1.807) is 0 Å². The zero-order valence-electron chi connectivity index (χ0n) is 13.6. The van der Waals surface area contributed by atoms with Crippen molar-refractivity contribution in [3.8, 4) is 0 Å². The van der Waals surface area contributed by atoms with Crippen LogP contribution in [-0.2, 0) is 9.59 Å². The highest BCUT2D eigenvalue weighted by Gasteiger charge is 2.16. The van der Waals surface area contributed by atoms with Crippen LogP contribution in [0, 0.1) is 0 Å². The number of carboxylic acids is 2. The minimum absolute atomic E-state index is 0.188. The number of hydrogen-bond donors (Lipinski definition) is 2. The molecule has 0 spiro atoms. The van der Waals surface area contributed by atoms with Crippen molar-refractivity contribution in [3.63, 3.8) is 0 Å². The molecule has 0 unspecified atom stereocenters. The molecule has 128 valence electrons. The first kappa shape index (κ1) is 18.8. The maximum atomic E-state index is 10.3. The standard InChI is InChI=1S/2C7H14N2O2/c2*1-8-2-4-9(5-3-8)6-7(10)11/h2*2-6H2,1H3,(H,10,11). The summed E-state index contributed by atoms with van der Waals surface area (Å²) in [4.78, 5) is 28.9. The van der Waals surface area contributed by atoms with Crippen molar-refractivity contribution in [1.29, 1.82) is 0 Å². The third kappa shape index (κ3) is 8.28. The minimum atomic E-state index is -0.727. The van der Waals surface area contributed by atoms with Gasteiger partial charge in [0.1, 0.15) is 0 Å². The fourth-order valence-corrected chi connectivity index (χ4v) is 2.39. The van der Waals surface area contributed by atoms with Crippen LogP contribution in [0.1, 0.15) is 0 Å². The average Bonchev–Trinajstić information content (AvgIpc) is 2.44. The molecule has 0 amide bonds. The van der Waals surface area contributed by atoms with Gasteiger partial charge in [-0.1, -0.05) is 0 Å². The summed E-state index contributed by atoms with van der Waals surface area (Å²) in [5, 5.41) is 17.0. The summed E-state index contributed by atoms with van der Waals surface area (Å²) in [6.45, 7) is 7.81. The lowest BCUT2D eigenvalue weighted by Gasteiger charge is -2.30. The highest BCUT2D eigenvalue weighted by atomic mass is 16.4. The molecular weight excluding hydrogens is 288 g/mol. The first-order valence-electron chi connectivity index (χ1n) is 7.62. The molecule has 2 saturated heterocycles. The van der Waals surface area contributed by atoms with Crippen LogP contribution >= 0.6 is 0 Å². The van der Waals surface area contributed by atoms with Crippen LogP contribution in [0.2, 0.25) is 0 Å². The van der Waals surface area contributed by atoms with Gasteiger partial charge in [-0.3, -0.25) is 19.4 Å². The molecule has 22 heavy (non-hydrogen) atoms. The molecule has 0 radical (unpaired) electrons. The zero-order valence-corrected chi connectivity index (χ0v) is 13.6. The van der Waals surface area contributed by atoms with Gasteiger partial charge in [0.05, 0.1) is 13.1 Å². The van der Waals surface area contributed by atoms with Crippen molar-refractivity contribution >= 4 is 11.9 Å². The average molecular weight is 316 g/mol. The van der Waals surface area contributed by atoms with Gasteiger partial charge in [-0.05, 0) is 14.1 Å². The largest absolute Gasteiger partial charge is 0.480 e. The first-order chi connectivity index (χ1) is 10.4. The van der Waals surface area contributed by atoms with Gasteiger partial charge in [-0.2, -0.15) is 0 Å². The maximum absolute atomic E-state index is 10.3. The SMILES string of the molecule is CN1CCN(CC(=O)O)CC1.CN1CCN(CC(=O)O)CC1. The Kier molecular flexibility index (Phi) is 8.32. The molecule has 2 aliphatic heterocycles. The van der Waals surface area contributed by atoms with Gasteiger partial charge in [0, 0.05) is 52.4 Å². The predicted molar refractivity (Wildman–Crippen MR) is 83.1 cm³/mol. The van der Waals surface area contributed by atoms with Crippen molar-refractivity contribution < 1.29 is 19.8 Å². The molecule has 2 aliphatic rings. The second-order valence-corrected chi connectivity index (χ2v) is 5.95. The summed E-state index contributed by atoms with van der Waals surface area (Å²) >= 11 is 0. The van der Waals surface area contributed by atoms with Gasteiger partial charge < -0.3 is 20.0 Å². The van der Waals surface area contributed by atoms with Crippen molar-refractivity contribution in [2.75, 3.05) is 79.5 Å². The summed E-state index contributed by atoms with van der Waals surface area (Å²) in [7, 11) is 4.11. The molecule has 0 saturated carbocycles. The summed E-state index contributed by atoms with van der Waals surface area (Å²) < 4.78 is 0. The first-order valence-corrected chi connectivity index (χ1v) is 7.62. The Hall–Kier alpha value is -1.22. The van der Waals surface area contributed by atoms with E-state index >= 15 is 0 Å². The van der Waals surface area contributed by atoms with E-state index in [0.717, 1.165) is 52.4 Å². The highest BCUT2D eigenvalue weighted by molar-refractivity contribution is 5.69. The third-order valence-corrected chi connectivity index (χ3v) is 3.91. The van der Waals surface area contributed by atoms with Gasteiger partial charge in [0.2, 0.25) is 0 Å². The van der Waals surface area contributed by atoms with Gasteiger partial charge in [-0.15, -0.1) is 0 Å². The lowest BCUT2D eigenvalue weighted by molar-refractivity contribution is -0.139. The van der Waals surface area contributed by atoms with Crippen LogP contribution < -0.4 is 0 Å². The fourth-order valence-electron chi connectivity index (χ4n) is 2.39. The molecule has 0 aromatic carbocycles. The van der Waals surface area contributed by atoms with E-state index in [9.17, 15) is 9.59 Å². The van der Waals surface area contributed by atoms with E-state index < -0.39 is 11.9 Å². The minimum Gasteiger partial charge on any atom is -0.480 e. The number of aliphatic carboxylic acids is 2. The molecule has 8 heteroatoms. The highest BCUT2D eigenvalue weighted by Crippen LogP contribution is 1.98. The van der Waals surface area contributed by atoms with E-state index in [1.807, 2.05) is 9.80 Å². The normalized spacial score (nSPS) is 21.9. The molecule has 0 aromatic rings. The molecular formula is C14H28N4O4. The Morgan fingerprint density at radius 3 is 1.18 bits per heavy atom. The Morgan fingerprint density at radius 1 is 0.682 bits per heavy atom. The van der Waals surface area contributed by atoms with Crippen molar-refractivity contribution in [2.45, 2.75) is 0 Å². The maximum Gasteiger partial charge on any atom is 0.317 e. The molecule has 0 bridgehead atoms. The zero-order chi connectivity index (χ0) is 16.5. The predicted octanol–water partition coefficient (Wildman–Crippen LogP) is -1.36. The van der Waals surface area contributed by atoms with Crippen LogP contribution in [0.4, 0.5) is 0 Å². The van der Waals surface area contributed by atoms with Crippen LogP contribution in [0.25, 0.3) is 0 Å². The molecule has 0 aliphatic carbocycles. The Morgan fingerprint density at radius 2 is 0.955 bits per heavy atom. The second-order valence-electron chi connectivity index (χ2n) is 5.95. The quantitative estimate of drug-likeness (QED) is 0.657. The summed E-state index contributed by atoms with van der Waals surface area (Å²) in [6, 6.07) is 0. The van der Waals surface area contributed by atoms with E-state index in [1.165, 1.54) is 0 Å². The summed E-state index contributed by atoms with van der Waals surface area (Å²) in [5.74, 6) is -1.45. The lowest BCUT2D eigenvalue weighted by Crippen LogP contribution is -2.46.